The number of carbonyl (C=O) groups excluding carboxylic acids is 4. The number of hydrogen-bond donors (Lipinski definition) is 0. The van der Waals surface area contributed by atoms with Gasteiger partial charge in [-0.15, -0.1) is 0 Å². The summed E-state index contributed by atoms with van der Waals surface area (Å²) in [4.78, 5) is 51.0. The highest BCUT2D eigenvalue weighted by molar-refractivity contribution is 6.41. The normalized spacial score (nSPS) is 12.6. The fraction of sp³-hybridized carbons (Fsp3) is 0.467. The summed E-state index contributed by atoms with van der Waals surface area (Å²) < 4.78 is 11.0. The van der Waals surface area contributed by atoms with E-state index in [0.717, 1.165) is 33.4 Å². The standard InChI is InChI=1S/C30H38O6/c1-9-11-26(36-30(34)28(32)25-15-13-18(4)20(6)22(25)8)23(10-2)16-35-29(33)27(31)24-14-12-17(3)19(5)21(24)7/h12-15,23,26H,9-11,16H2,1-8H3. The summed E-state index contributed by atoms with van der Waals surface area (Å²) in [5, 5.41) is 0. The maximum absolute atomic E-state index is 12.9. The molecule has 0 saturated carbocycles. The van der Waals surface area contributed by atoms with E-state index in [0.29, 0.717) is 30.4 Å². The van der Waals surface area contributed by atoms with Crippen LogP contribution >= 0.6 is 0 Å². The topological polar surface area (TPSA) is 86.7 Å². The van der Waals surface area contributed by atoms with Crippen molar-refractivity contribution >= 4 is 23.5 Å². The second-order valence-electron chi connectivity index (χ2n) is 9.52. The van der Waals surface area contributed by atoms with Gasteiger partial charge in [0.2, 0.25) is 0 Å². The molecule has 0 aliphatic rings. The molecular formula is C30H38O6. The summed E-state index contributed by atoms with van der Waals surface area (Å²) in [5.74, 6) is -3.60. The Kier molecular flexibility index (Phi) is 10.1. The van der Waals surface area contributed by atoms with E-state index in [-0.39, 0.29) is 12.5 Å². The van der Waals surface area contributed by atoms with Gasteiger partial charge >= 0.3 is 11.9 Å². The predicted octanol–water partition coefficient (Wildman–Crippen LogP) is 5.88. The number of esters is 2. The molecule has 36 heavy (non-hydrogen) atoms. The summed E-state index contributed by atoms with van der Waals surface area (Å²) in [6.07, 6.45) is 1.14. The van der Waals surface area contributed by atoms with E-state index in [4.69, 9.17) is 9.47 Å². The predicted molar refractivity (Wildman–Crippen MR) is 139 cm³/mol. The Balaban J connectivity index is 2.12. The van der Waals surface area contributed by atoms with Gasteiger partial charge in [0, 0.05) is 17.0 Å². The monoisotopic (exact) mass is 494 g/mol. The zero-order chi connectivity index (χ0) is 27.2. The molecule has 0 bridgehead atoms. The summed E-state index contributed by atoms with van der Waals surface area (Å²) >= 11 is 0. The molecule has 2 rings (SSSR count). The van der Waals surface area contributed by atoms with Gasteiger partial charge in [0.15, 0.2) is 0 Å². The van der Waals surface area contributed by atoms with Crippen LogP contribution in [-0.2, 0) is 19.1 Å². The summed E-state index contributed by atoms with van der Waals surface area (Å²) in [7, 11) is 0. The molecule has 0 aliphatic carbocycles. The quantitative estimate of drug-likeness (QED) is 0.220. The maximum Gasteiger partial charge on any atom is 0.379 e. The van der Waals surface area contributed by atoms with Crippen LogP contribution in [0, 0.1) is 47.5 Å². The van der Waals surface area contributed by atoms with E-state index in [2.05, 4.69) is 0 Å². The number of rotatable bonds is 11. The number of ketones is 2. The molecule has 2 unspecified atom stereocenters. The molecule has 194 valence electrons. The molecule has 2 atom stereocenters. The molecule has 0 radical (unpaired) electrons. The Morgan fingerprint density at radius 2 is 1.17 bits per heavy atom. The Hall–Kier alpha value is -3.28. The molecular weight excluding hydrogens is 456 g/mol. The third-order valence-electron chi connectivity index (χ3n) is 7.29. The smallest absolute Gasteiger partial charge is 0.379 e. The minimum Gasteiger partial charge on any atom is -0.459 e. The van der Waals surface area contributed by atoms with Crippen LogP contribution < -0.4 is 0 Å². The molecule has 2 aromatic rings. The lowest BCUT2D eigenvalue weighted by atomic mass is 9.95. The van der Waals surface area contributed by atoms with Gasteiger partial charge < -0.3 is 9.47 Å². The van der Waals surface area contributed by atoms with E-state index in [9.17, 15) is 19.2 Å². The maximum atomic E-state index is 12.9. The van der Waals surface area contributed by atoms with E-state index < -0.39 is 29.6 Å². The van der Waals surface area contributed by atoms with Gasteiger partial charge in [0.25, 0.3) is 11.6 Å². The Morgan fingerprint density at radius 1 is 0.694 bits per heavy atom. The highest BCUT2D eigenvalue weighted by atomic mass is 16.6. The van der Waals surface area contributed by atoms with Crippen LogP contribution in [0.15, 0.2) is 24.3 Å². The zero-order valence-electron chi connectivity index (χ0n) is 22.7. The van der Waals surface area contributed by atoms with E-state index >= 15 is 0 Å². The van der Waals surface area contributed by atoms with Crippen molar-refractivity contribution in [1.82, 2.24) is 0 Å². The Labute approximate surface area is 214 Å². The van der Waals surface area contributed by atoms with Crippen molar-refractivity contribution in [2.24, 2.45) is 5.92 Å². The fourth-order valence-electron chi connectivity index (χ4n) is 4.23. The van der Waals surface area contributed by atoms with Crippen LogP contribution in [-0.4, -0.2) is 36.2 Å². The highest BCUT2D eigenvalue weighted by Gasteiger charge is 2.30. The van der Waals surface area contributed by atoms with Gasteiger partial charge in [-0.3, -0.25) is 9.59 Å². The average molecular weight is 495 g/mol. The minimum atomic E-state index is -0.941. The van der Waals surface area contributed by atoms with Crippen molar-refractivity contribution < 1.29 is 28.7 Å². The van der Waals surface area contributed by atoms with Crippen LogP contribution in [0.2, 0.25) is 0 Å². The van der Waals surface area contributed by atoms with Crippen molar-refractivity contribution in [1.29, 1.82) is 0 Å². The first-order valence-corrected chi connectivity index (χ1v) is 12.5. The van der Waals surface area contributed by atoms with E-state index in [1.807, 2.05) is 67.5 Å². The fourth-order valence-corrected chi connectivity index (χ4v) is 4.23. The van der Waals surface area contributed by atoms with Gasteiger partial charge in [-0.2, -0.15) is 0 Å². The lowest BCUT2D eigenvalue weighted by Crippen LogP contribution is -2.34. The van der Waals surface area contributed by atoms with Gasteiger partial charge in [-0.05, 0) is 87.8 Å². The minimum absolute atomic E-state index is 0.0836. The third-order valence-corrected chi connectivity index (χ3v) is 7.29. The first kappa shape index (κ1) is 29.0. The molecule has 0 fully saturated rings. The van der Waals surface area contributed by atoms with Crippen molar-refractivity contribution in [3.8, 4) is 0 Å². The molecule has 6 nitrogen and oxygen atoms in total. The number of hydrogen-bond acceptors (Lipinski definition) is 6. The van der Waals surface area contributed by atoms with Gasteiger partial charge in [-0.25, -0.2) is 9.59 Å². The SMILES string of the molecule is CCCC(OC(=O)C(=O)c1ccc(C)c(C)c1C)C(CC)COC(=O)C(=O)c1ccc(C)c(C)c1C. The molecule has 0 N–H and O–H groups in total. The highest BCUT2D eigenvalue weighted by Crippen LogP contribution is 2.23. The number of benzene rings is 2. The van der Waals surface area contributed by atoms with Crippen molar-refractivity contribution in [3.63, 3.8) is 0 Å². The summed E-state index contributed by atoms with van der Waals surface area (Å²) in [6.45, 7) is 15.1. The molecule has 2 aromatic carbocycles. The van der Waals surface area contributed by atoms with Crippen LogP contribution in [0.3, 0.4) is 0 Å². The first-order chi connectivity index (χ1) is 16.9. The Bertz CT molecular complexity index is 1160. The first-order valence-electron chi connectivity index (χ1n) is 12.5. The largest absolute Gasteiger partial charge is 0.459 e. The summed E-state index contributed by atoms with van der Waals surface area (Å²) in [5.41, 5.74) is 6.15. The lowest BCUT2D eigenvalue weighted by molar-refractivity contribution is -0.150. The molecule has 6 heteroatoms. The van der Waals surface area contributed by atoms with Crippen LogP contribution in [0.5, 0.6) is 0 Å². The zero-order valence-corrected chi connectivity index (χ0v) is 22.7. The average Bonchev–Trinajstić information content (AvgIpc) is 2.85. The summed E-state index contributed by atoms with van der Waals surface area (Å²) in [6, 6.07) is 6.91. The van der Waals surface area contributed by atoms with Crippen LogP contribution in [0.1, 0.15) is 87.2 Å². The van der Waals surface area contributed by atoms with Crippen molar-refractivity contribution in [2.45, 2.75) is 80.8 Å². The third kappa shape index (κ3) is 6.48. The van der Waals surface area contributed by atoms with Gasteiger partial charge in [-0.1, -0.05) is 44.5 Å². The van der Waals surface area contributed by atoms with Crippen LogP contribution in [0.25, 0.3) is 0 Å². The number of carbonyl (C=O) groups is 4. The molecule has 0 aliphatic heterocycles. The second-order valence-corrected chi connectivity index (χ2v) is 9.52. The van der Waals surface area contributed by atoms with E-state index in [1.54, 1.807) is 12.1 Å². The lowest BCUT2D eigenvalue weighted by Gasteiger charge is -2.25. The molecule has 0 aromatic heterocycles. The van der Waals surface area contributed by atoms with E-state index in [1.165, 1.54) is 0 Å². The Morgan fingerprint density at radius 3 is 1.61 bits per heavy atom. The molecule has 0 spiro atoms. The number of ether oxygens (including phenoxy) is 2. The van der Waals surface area contributed by atoms with Gasteiger partial charge in [0.1, 0.15) is 6.10 Å². The molecule has 0 heterocycles. The van der Waals surface area contributed by atoms with Crippen LogP contribution in [0.4, 0.5) is 0 Å². The number of Topliss-reactive ketones (excluding diaryl/α,β-unsaturated/α-hetero) is 2. The molecule has 0 saturated heterocycles. The molecule has 0 amide bonds. The number of aryl methyl sites for hydroxylation is 2. The van der Waals surface area contributed by atoms with Crippen molar-refractivity contribution in [2.75, 3.05) is 6.61 Å². The van der Waals surface area contributed by atoms with Crippen molar-refractivity contribution in [3.05, 3.63) is 68.8 Å². The second kappa shape index (κ2) is 12.6. The van der Waals surface area contributed by atoms with Gasteiger partial charge in [0.05, 0.1) is 6.61 Å².